The maximum absolute atomic E-state index is 5.84. The molecule has 1 aromatic heterocycles. The second-order valence-corrected chi connectivity index (χ2v) is 4.83. The van der Waals surface area contributed by atoms with Gasteiger partial charge in [-0.1, -0.05) is 41.9 Å². The van der Waals surface area contributed by atoms with Crippen LogP contribution in [0.5, 0.6) is 0 Å². The van der Waals surface area contributed by atoms with Gasteiger partial charge in [-0.2, -0.15) is 4.98 Å². The van der Waals surface area contributed by atoms with Crippen molar-refractivity contribution in [2.24, 2.45) is 0 Å². The van der Waals surface area contributed by atoms with Crippen molar-refractivity contribution in [3.05, 3.63) is 47.1 Å². The molecule has 0 saturated heterocycles. The second-order valence-electron chi connectivity index (χ2n) is 4.44. The van der Waals surface area contributed by atoms with Crippen LogP contribution in [0.3, 0.4) is 0 Å². The molecule has 3 rings (SSSR count). The highest BCUT2D eigenvalue weighted by Crippen LogP contribution is 2.42. The van der Waals surface area contributed by atoms with Crippen LogP contribution in [0.1, 0.15) is 17.9 Å². The van der Waals surface area contributed by atoms with Gasteiger partial charge in [-0.3, -0.25) is 0 Å². The molecule has 5 heteroatoms. The molecule has 92 valence electrons. The lowest BCUT2D eigenvalue weighted by atomic mass is 10.1. The van der Waals surface area contributed by atoms with Gasteiger partial charge in [-0.05, 0) is 12.0 Å². The molecule has 1 fully saturated rings. The summed E-state index contributed by atoms with van der Waals surface area (Å²) in [5.74, 6) is 1.43. The third kappa shape index (κ3) is 2.38. The van der Waals surface area contributed by atoms with Crippen molar-refractivity contribution in [3.63, 3.8) is 0 Å². The van der Waals surface area contributed by atoms with E-state index in [9.17, 15) is 0 Å². The third-order valence-electron chi connectivity index (χ3n) is 3.06. The molecule has 0 aliphatic heterocycles. The molecule has 4 nitrogen and oxygen atoms in total. The SMILES string of the molecule is Nc1nc(Cl)cc(NC2CC2c2ccccc2)n1. The van der Waals surface area contributed by atoms with E-state index in [0.717, 1.165) is 6.42 Å². The molecule has 1 aliphatic carbocycles. The van der Waals surface area contributed by atoms with Crippen LogP contribution < -0.4 is 11.1 Å². The van der Waals surface area contributed by atoms with E-state index in [4.69, 9.17) is 17.3 Å². The molecule has 1 aromatic carbocycles. The van der Waals surface area contributed by atoms with Crippen LogP contribution in [0.25, 0.3) is 0 Å². The molecule has 1 aliphatic rings. The minimum atomic E-state index is 0.196. The molecular weight excluding hydrogens is 248 g/mol. The number of hydrogen-bond acceptors (Lipinski definition) is 4. The van der Waals surface area contributed by atoms with E-state index in [1.807, 2.05) is 6.07 Å². The van der Waals surface area contributed by atoms with Gasteiger partial charge in [0.2, 0.25) is 5.95 Å². The van der Waals surface area contributed by atoms with Gasteiger partial charge < -0.3 is 11.1 Å². The molecule has 2 atom stereocenters. The maximum atomic E-state index is 5.84. The molecule has 0 spiro atoms. The van der Waals surface area contributed by atoms with Crippen molar-refractivity contribution < 1.29 is 0 Å². The van der Waals surface area contributed by atoms with Crippen molar-refractivity contribution in [2.75, 3.05) is 11.1 Å². The van der Waals surface area contributed by atoms with Gasteiger partial charge in [-0.25, -0.2) is 4.98 Å². The van der Waals surface area contributed by atoms with Gasteiger partial charge in [0.1, 0.15) is 11.0 Å². The average Bonchev–Trinajstić information content (AvgIpc) is 3.08. The van der Waals surface area contributed by atoms with Gasteiger partial charge in [0.15, 0.2) is 0 Å². The monoisotopic (exact) mass is 260 g/mol. The number of halogens is 1. The van der Waals surface area contributed by atoms with E-state index in [1.165, 1.54) is 5.56 Å². The fourth-order valence-corrected chi connectivity index (χ4v) is 2.31. The Labute approximate surface area is 110 Å². The van der Waals surface area contributed by atoms with Gasteiger partial charge in [-0.15, -0.1) is 0 Å². The molecule has 2 unspecified atom stereocenters. The third-order valence-corrected chi connectivity index (χ3v) is 3.26. The Bertz CT molecular complexity index is 538. The Morgan fingerprint density at radius 2 is 2.00 bits per heavy atom. The lowest BCUT2D eigenvalue weighted by Gasteiger charge is -2.06. The highest BCUT2D eigenvalue weighted by atomic mass is 35.5. The summed E-state index contributed by atoms with van der Waals surface area (Å²) in [6, 6.07) is 12.5. The van der Waals surface area contributed by atoms with Crippen LogP contribution in [0, 0.1) is 0 Å². The molecule has 0 amide bonds. The quantitative estimate of drug-likeness (QED) is 0.833. The molecule has 18 heavy (non-hydrogen) atoms. The molecule has 0 radical (unpaired) electrons. The average molecular weight is 261 g/mol. The zero-order valence-electron chi connectivity index (χ0n) is 9.68. The van der Waals surface area contributed by atoms with E-state index in [2.05, 4.69) is 39.6 Å². The Morgan fingerprint density at radius 3 is 2.72 bits per heavy atom. The number of nitrogens with two attached hydrogens (primary N) is 1. The summed E-state index contributed by atoms with van der Waals surface area (Å²) >= 11 is 5.84. The van der Waals surface area contributed by atoms with Gasteiger partial charge in [0, 0.05) is 18.0 Å². The fraction of sp³-hybridized carbons (Fsp3) is 0.231. The highest BCUT2D eigenvalue weighted by Gasteiger charge is 2.38. The number of rotatable bonds is 3. The van der Waals surface area contributed by atoms with Gasteiger partial charge >= 0.3 is 0 Å². The topological polar surface area (TPSA) is 63.8 Å². The Morgan fingerprint density at radius 1 is 1.22 bits per heavy atom. The first kappa shape index (κ1) is 11.3. The van der Waals surface area contributed by atoms with Crippen LogP contribution in [0.15, 0.2) is 36.4 Å². The lowest BCUT2D eigenvalue weighted by Crippen LogP contribution is -2.07. The first-order chi connectivity index (χ1) is 8.72. The van der Waals surface area contributed by atoms with E-state index >= 15 is 0 Å². The number of anilines is 2. The Hall–Kier alpha value is -1.81. The van der Waals surface area contributed by atoms with Crippen LogP contribution in [-0.4, -0.2) is 16.0 Å². The zero-order chi connectivity index (χ0) is 12.5. The number of benzene rings is 1. The first-order valence-corrected chi connectivity index (χ1v) is 6.22. The molecular formula is C13H13ClN4. The van der Waals surface area contributed by atoms with E-state index in [0.29, 0.717) is 22.9 Å². The van der Waals surface area contributed by atoms with E-state index in [-0.39, 0.29) is 5.95 Å². The molecule has 2 aromatic rings. The molecule has 1 heterocycles. The highest BCUT2D eigenvalue weighted by molar-refractivity contribution is 6.29. The number of nitrogens with zero attached hydrogens (tertiary/aromatic N) is 2. The van der Waals surface area contributed by atoms with Gasteiger partial charge in [0.05, 0.1) is 0 Å². The Balaban J connectivity index is 1.69. The zero-order valence-corrected chi connectivity index (χ0v) is 10.4. The summed E-state index contributed by atoms with van der Waals surface area (Å²) in [6.07, 6.45) is 1.10. The first-order valence-electron chi connectivity index (χ1n) is 5.84. The van der Waals surface area contributed by atoms with E-state index in [1.54, 1.807) is 6.07 Å². The number of hydrogen-bond donors (Lipinski definition) is 2. The molecule has 3 N–H and O–H groups in total. The molecule has 1 saturated carbocycles. The largest absolute Gasteiger partial charge is 0.368 e. The Kier molecular flexibility index (Phi) is 2.80. The van der Waals surface area contributed by atoms with Crippen molar-refractivity contribution in [1.29, 1.82) is 0 Å². The standard InChI is InChI=1S/C13H13ClN4/c14-11-7-12(18-13(15)17-11)16-10-6-9(10)8-4-2-1-3-5-8/h1-5,7,9-10H,6H2,(H3,15,16,17,18). The second kappa shape index (κ2) is 4.46. The predicted octanol–water partition coefficient (Wildman–Crippen LogP) is 2.68. The number of aromatic nitrogens is 2. The summed E-state index contributed by atoms with van der Waals surface area (Å²) in [5, 5.41) is 3.69. The van der Waals surface area contributed by atoms with Crippen molar-refractivity contribution in [2.45, 2.75) is 18.4 Å². The van der Waals surface area contributed by atoms with Crippen molar-refractivity contribution in [1.82, 2.24) is 9.97 Å². The summed E-state index contributed by atoms with van der Waals surface area (Å²) < 4.78 is 0. The summed E-state index contributed by atoms with van der Waals surface area (Å²) in [5.41, 5.74) is 6.90. The van der Waals surface area contributed by atoms with Crippen LogP contribution >= 0.6 is 11.6 Å². The predicted molar refractivity (Wildman–Crippen MR) is 72.7 cm³/mol. The summed E-state index contributed by atoms with van der Waals surface area (Å²) in [6.45, 7) is 0. The van der Waals surface area contributed by atoms with Crippen LogP contribution in [-0.2, 0) is 0 Å². The maximum Gasteiger partial charge on any atom is 0.223 e. The number of nitrogen functional groups attached to an aromatic ring is 1. The smallest absolute Gasteiger partial charge is 0.223 e. The van der Waals surface area contributed by atoms with Crippen LogP contribution in [0.4, 0.5) is 11.8 Å². The summed E-state index contributed by atoms with van der Waals surface area (Å²) in [4.78, 5) is 7.94. The normalized spacial score (nSPS) is 21.6. The minimum Gasteiger partial charge on any atom is -0.368 e. The van der Waals surface area contributed by atoms with Gasteiger partial charge in [0.25, 0.3) is 0 Å². The fourth-order valence-electron chi connectivity index (χ4n) is 2.12. The lowest BCUT2D eigenvalue weighted by molar-refractivity contribution is 1.02. The van der Waals surface area contributed by atoms with Crippen molar-refractivity contribution in [3.8, 4) is 0 Å². The minimum absolute atomic E-state index is 0.196. The van der Waals surface area contributed by atoms with Crippen molar-refractivity contribution >= 4 is 23.4 Å². The summed E-state index contributed by atoms with van der Waals surface area (Å²) in [7, 11) is 0. The van der Waals surface area contributed by atoms with Crippen LogP contribution in [0.2, 0.25) is 5.15 Å². The van der Waals surface area contributed by atoms with E-state index < -0.39 is 0 Å². The number of nitrogens with one attached hydrogen (secondary N) is 1. The molecule has 0 bridgehead atoms.